The van der Waals surface area contributed by atoms with Crippen LogP contribution in [0.1, 0.15) is 27.4 Å². The van der Waals surface area contributed by atoms with Crippen LogP contribution in [0.25, 0.3) is 21.5 Å². The van der Waals surface area contributed by atoms with E-state index in [-0.39, 0.29) is 22.7 Å². The zero-order valence-electron chi connectivity index (χ0n) is 13.5. The summed E-state index contributed by atoms with van der Waals surface area (Å²) in [7, 11) is 0. The number of aromatic nitrogens is 2. The van der Waals surface area contributed by atoms with Gasteiger partial charge in [0, 0.05) is 10.4 Å². The lowest BCUT2D eigenvalue weighted by Crippen LogP contribution is -2.11. The van der Waals surface area contributed by atoms with Gasteiger partial charge in [-0.3, -0.25) is 4.79 Å². The van der Waals surface area contributed by atoms with Crippen LogP contribution in [-0.2, 0) is 0 Å². The maximum absolute atomic E-state index is 12.4. The number of aryl methyl sites for hydroxylation is 3. The predicted molar refractivity (Wildman–Crippen MR) is 95.9 cm³/mol. The number of hydrogen-bond donors (Lipinski definition) is 2. The molecule has 0 radical (unpaired) electrons. The van der Waals surface area contributed by atoms with Gasteiger partial charge in [0.2, 0.25) is 0 Å². The Hall–Kier alpha value is -2.91. The summed E-state index contributed by atoms with van der Waals surface area (Å²) < 4.78 is 0. The van der Waals surface area contributed by atoms with Crippen molar-refractivity contribution in [1.29, 1.82) is 5.26 Å². The van der Waals surface area contributed by atoms with E-state index < -0.39 is 0 Å². The number of thiophene rings is 1. The number of H-pyrrole nitrogens is 1. The highest BCUT2D eigenvalue weighted by atomic mass is 32.1. The number of rotatable bonds is 2. The van der Waals surface area contributed by atoms with E-state index in [9.17, 15) is 15.2 Å². The predicted octanol–water partition coefficient (Wildman–Crippen LogP) is 3.86. The average molecular weight is 337 g/mol. The van der Waals surface area contributed by atoms with Crippen LogP contribution in [0.4, 0.5) is 0 Å². The molecule has 5 nitrogen and oxygen atoms in total. The summed E-state index contributed by atoms with van der Waals surface area (Å²) in [6, 6.07) is 9.07. The van der Waals surface area contributed by atoms with E-state index in [1.54, 1.807) is 12.1 Å². The third-order valence-electron chi connectivity index (χ3n) is 3.95. The quantitative estimate of drug-likeness (QED) is 0.549. The molecule has 1 aromatic carbocycles. The second-order valence-corrected chi connectivity index (χ2v) is 6.78. The van der Waals surface area contributed by atoms with E-state index in [1.807, 2.05) is 39.0 Å². The van der Waals surface area contributed by atoms with Crippen LogP contribution in [-0.4, -0.2) is 15.1 Å². The third-order valence-corrected chi connectivity index (χ3v) is 5.05. The molecule has 0 saturated heterocycles. The Morgan fingerprint density at radius 1 is 1.25 bits per heavy atom. The molecule has 2 aromatic heterocycles. The maximum atomic E-state index is 12.4. The summed E-state index contributed by atoms with van der Waals surface area (Å²) >= 11 is 1.40. The van der Waals surface area contributed by atoms with Crippen LogP contribution in [0.15, 0.2) is 29.1 Å². The van der Waals surface area contributed by atoms with Crippen molar-refractivity contribution in [2.24, 2.45) is 0 Å². The smallest absolute Gasteiger partial charge is 0.260 e. The van der Waals surface area contributed by atoms with Crippen molar-refractivity contribution in [3.8, 4) is 6.07 Å². The van der Waals surface area contributed by atoms with Crippen molar-refractivity contribution < 1.29 is 5.11 Å². The SMILES string of the molecule is Cc1ccc(/C(O)=C(/C#N)c2nc3sc(C)c(C)c3c(=O)[nH]2)cc1. The van der Waals surface area contributed by atoms with Gasteiger partial charge in [0.05, 0.1) is 5.39 Å². The van der Waals surface area contributed by atoms with Gasteiger partial charge in [0.25, 0.3) is 5.56 Å². The fraction of sp³-hybridized carbons (Fsp3) is 0.167. The summed E-state index contributed by atoms with van der Waals surface area (Å²) in [6.45, 7) is 5.73. The Morgan fingerprint density at radius 2 is 1.92 bits per heavy atom. The van der Waals surface area contributed by atoms with Gasteiger partial charge in [-0.05, 0) is 26.3 Å². The lowest BCUT2D eigenvalue weighted by atomic mass is 10.1. The number of aliphatic hydroxyl groups excluding tert-OH is 1. The molecule has 0 atom stereocenters. The number of nitrogens with zero attached hydrogens (tertiary/aromatic N) is 2. The molecule has 3 aromatic rings. The molecule has 2 N–H and O–H groups in total. The normalized spacial score (nSPS) is 12.1. The van der Waals surface area contributed by atoms with Gasteiger partial charge in [-0.25, -0.2) is 4.98 Å². The minimum absolute atomic E-state index is 0.0541. The van der Waals surface area contributed by atoms with E-state index in [2.05, 4.69) is 9.97 Å². The van der Waals surface area contributed by atoms with Crippen LogP contribution < -0.4 is 5.56 Å². The Kier molecular flexibility index (Phi) is 3.96. The number of aliphatic hydroxyl groups is 1. The standard InChI is InChI=1S/C18H15N3O2S/c1-9-4-6-12(7-5-9)15(22)13(8-19)16-20-17(23)14-10(2)11(3)24-18(14)21-16/h4-7,22H,1-3H3,(H,20,21,23)/b15-13+. The zero-order valence-corrected chi connectivity index (χ0v) is 14.3. The highest BCUT2D eigenvalue weighted by Gasteiger charge is 2.17. The van der Waals surface area contributed by atoms with Crippen LogP contribution in [0.2, 0.25) is 0 Å². The van der Waals surface area contributed by atoms with Crippen molar-refractivity contribution in [2.75, 3.05) is 0 Å². The van der Waals surface area contributed by atoms with E-state index in [1.165, 1.54) is 11.3 Å². The van der Waals surface area contributed by atoms with Gasteiger partial charge in [-0.15, -0.1) is 11.3 Å². The third kappa shape index (κ3) is 2.59. The average Bonchev–Trinajstić information content (AvgIpc) is 2.83. The topological polar surface area (TPSA) is 89.8 Å². The van der Waals surface area contributed by atoms with Gasteiger partial charge in [0.1, 0.15) is 22.2 Å². The summed E-state index contributed by atoms with van der Waals surface area (Å²) in [6.07, 6.45) is 0. The molecule has 0 aliphatic rings. The molecule has 0 spiro atoms. The first kappa shape index (κ1) is 16.0. The fourth-order valence-corrected chi connectivity index (χ4v) is 3.48. The Bertz CT molecular complexity index is 1070. The van der Waals surface area contributed by atoms with Crippen molar-refractivity contribution in [2.45, 2.75) is 20.8 Å². The van der Waals surface area contributed by atoms with Gasteiger partial charge in [-0.2, -0.15) is 5.26 Å². The molecule has 0 aliphatic heterocycles. The molecule has 120 valence electrons. The molecule has 6 heteroatoms. The second-order valence-electron chi connectivity index (χ2n) is 5.58. The van der Waals surface area contributed by atoms with E-state index in [4.69, 9.17) is 0 Å². The minimum Gasteiger partial charge on any atom is -0.506 e. The Morgan fingerprint density at radius 3 is 2.54 bits per heavy atom. The molecule has 0 bridgehead atoms. The molecule has 0 fully saturated rings. The van der Waals surface area contributed by atoms with Crippen molar-refractivity contribution >= 4 is 32.9 Å². The van der Waals surface area contributed by atoms with Gasteiger partial charge in [0.15, 0.2) is 5.82 Å². The molecule has 24 heavy (non-hydrogen) atoms. The molecule has 3 rings (SSSR count). The van der Waals surface area contributed by atoms with E-state index in [0.29, 0.717) is 15.8 Å². The molecule has 0 saturated carbocycles. The van der Waals surface area contributed by atoms with Crippen LogP contribution in [0.5, 0.6) is 0 Å². The van der Waals surface area contributed by atoms with Crippen molar-refractivity contribution in [1.82, 2.24) is 9.97 Å². The molecular formula is C18H15N3O2S. The zero-order chi connectivity index (χ0) is 17.4. The number of benzene rings is 1. The molecule has 0 amide bonds. The lowest BCUT2D eigenvalue weighted by molar-refractivity contribution is 0.514. The van der Waals surface area contributed by atoms with Gasteiger partial charge in [-0.1, -0.05) is 29.8 Å². The number of nitrogens with one attached hydrogen (secondary N) is 1. The first-order valence-electron chi connectivity index (χ1n) is 7.33. The van der Waals surface area contributed by atoms with Crippen molar-refractivity contribution in [3.63, 3.8) is 0 Å². The number of allylic oxidation sites excluding steroid dienone is 1. The van der Waals surface area contributed by atoms with E-state index >= 15 is 0 Å². The summed E-state index contributed by atoms with van der Waals surface area (Å²) in [5.74, 6) is -0.126. The number of aromatic amines is 1. The Labute approximate surface area is 142 Å². The summed E-state index contributed by atoms with van der Waals surface area (Å²) in [5.41, 5.74) is 2.07. The second kappa shape index (κ2) is 5.95. The number of hydrogen-bond acceptors (Lipinski definition) is 5. The van der Waals surface area contributed by atoms with Crippen LogP contribution in [0.3, 0.4) is 0 Å². The van der Waals surface area contributed by atoms with Gasteiger partial charge < -0.3 is 10.1 Å². The van der Waals surface area contributed by atoms with Gasteiger partial charge >= 0.3 is 0 Å². The first-order valence-corrected chi connectivity index (χ1v) is 8.14. The van der Waals surface area contributed by atoms with Crippen LogP contribution >= 0.6 is 11.3 Å². The lowest BCUT2D eigenvalue weighted by Gasteiger charge is -2.05. The number of nitriles is 1. The van der Waals surface area contributed by atoms with Crippen molar-refractivity contribution in [3.05, 3.63) is 62.0 Å². The monoisotopic (exact) mass is 337 g/mol. The molecular weight excluding hydrogens is 322 g/mol. The molecule has 2 heterocycles. The largest absolute Gasteiger partial charge is 0.506 e. The van der Waals surface area contributed by atoms with E-state index in [0.717, 1.165) is 16.0 Å². The number of fused-ring (bicyclic) bond motifs is 1. The highest BCUT2D eigenvalue weighted by molar-refractivity contribution is 7.18. The molecule has 0 aliphatic carbocycles. The first-order chi connectivity index (χ1) is 11.4. The maximum Gasteiger partial charge on any atom is 0.260 e. The summed E-state index contributed by atoms with van der Waals surface area (Å²) in [4.78, 5) is 20.9. The fourth-order valence-electron chi connectivity index (χ4n) is 2.45. The Balaban J connectivity index is 2.23. The molecule has 0 unspecified atom stereocenters. The highest BCUT2D eigenvalue weighted by Crippen LogP contribution is 2.28. The van der Waals surface area contributed by atoms with Crippen LogP contribution in [0, 0.1) is 32.1 Å². The minimum atomic E-state index is -0.304. The summed E-state index contributed by atoms with van der Waals surface area (Å²) in [5, 5.41) is 20.4.